The van der Waals surface area contributed by atoms with E-state index in [1.165, 1.54) is 30.4 Å². The van der Waals surface area contributed by atoms with Crippen molar-refractivity contribution in [3.05, 3.63) is 71.8 Å². The van der Waals surface area contributed by atoms with Crippen LogP contribution in [0.25, 0.3) is 0 Å². The van der Waals surface area contributed by atoms with Gasteiger partial charge in [0.1, 0.15) is 0 Å². The van der Waals surface area contributed by atoms with E-state index in [4.69, 9.17) is 9.84 Å². The highest BCUT2D eigenvalue weighted by atomic mass is 16.5. The van der Waals surface area contributed by atoms with E-state index < -0.39 is 5.97 Å². The molecular weight excluding hydrogens is 312 g/mol. The monoisotopic (exact) mass is 342 g/mol. The van der Waals surface area contributed by atoms with Gasteiger partial charge in [0.15, 0.2) is 0 Å². The second-order valence-electron chi connectivity index (χ2n) is 6.02. The zero-order chi connectivity index (χ0) is 18.2. The lowest BCUT2D eigenvalue weighted by molar-refractivity contribution is -0.137. The van der Waals surface area contributed by atoms with Crippen molar-refractivity contribution in [3.63, 3.8) is 0 Å². The summed E-state index contributed by atoms with van der Waals surface area (Å²) < 4.78 is 5.61. The van der Waals surface area contributed by atoms with Gasteiger partial charge in [0.2, 0.25) is 0 Å². The molecule has 0 saturated heterocycles. The highest BCUT2D eigenvalue weighted by Crippen LogP contribution is 2.05. The van der Waals surface area contributed by atoms with Gasteiger partial charge in [-0.15, -0.1) is 0 Å². The van der Waals surface area contributed by atoms with Crippen molar-refractivity contribution in [2.45, 2.75) is 58.7 Å². The van der Waals surface area contributed by atoms with Crippen molar-refractivity contribution < 1.29 is 14.6 Å². The molecule has 2 aromatic rings. The first-order valence-electron chi connectivity index (χ1n) is 9.09. The minimum Gasteiger partial charge on any atom is -0.481 e. The van der Waals surface area contributed by atoms with E-state index in [1.54, 1.807) is 0 Å². The van der Waals surface area contributed by atoms with E-state index in [0.717, 1.165) is 12.8 Å². The average Bonchev–Trinajstić information content (AvgIpc) is 2.64. The lowest BCUT2D eigenvalue weighted by atomic mass is 10.1. The molecular formula is C22H30O3. The fraction of sp³-hybridized carbons (Fsp3) is 0.409. The van der Waals surface area contributed by atoms with E-state index in [2.05, 4.69) is 31.2 Å². The molecule has 0 unspecified atom stereocenters. The van der Waals surface area contributed by atoms with Crippen molar-refractivity contribution >= 4 is 5.97 Å². The molecule has 0 fully saturated rings. The topological polar surface area (TPSA) is 46.5 Å². The second-order valence-corrected chi connectivity index (χ2v) is 6.02. The maximum Gasteiger partial charge on any atom is 0.303 e. The molecule has 3 heteroatoms. The normalized spacial score (nSPS) is 9.96. The van der Waals surface area contributed by atoms with Crippen LogP contribution < -0.4 is 0 Å². The van der Waals surface area contributed by atoms with Gasteiger partial charge in [0, 0.05) is 6.42 Å². The predicted molar refractivity (Wildman–Crippen MR) is 102 cm³/mol. The van der Waals surface area contributed by atoms with Gasteiger partial charge in [0.05, 0.1) is 13.2 Å². The first-order chi connectivity index (χ1) is 12.2. The van der Waals surface area contributed by atoms with Gasteiger partial charge in [-0.3, -0.25) is 4.79 Å². The van der Waals surface area contributed by atoms with Gasteiger partial charge in [0.25, 0.3) is 0 Å². The fourth-order valence-electron chi connectivity index (χ4n) is 2.31. The minimum atomic E-state index is -0.670. The first kappa shape index (κ1) is 20.9. The summed E-state index contributed by atoms with van der Waals surface area (Å²) in [6.45, 7) is 3.50. The Morgan fingerprint density at radius 2 is 1.28 bits per heavy atom. The molecule has 0 aliphatic rings. The van der Waals surface area contributed by atoms with E-state index in [9.17, 15) is 4.79 Å². The Balaban J connectivity index is 0.000000275. The van der Waals surface area contributed by atoms with Crippen LogP contribution in [0.3, 0.4) is 0 Å². The van der Waals surface area contributed by atoms with E-state index >= 15 is 0 Å². The van der Waals surface area contributed by atoms with Crippen LogP contribution in [0, 0.1) is 0 Å². The molecule has 25 heavy (non-hydrogen) atoms. The third kappa shape index (κ3) is 12.0. The average molecular weight is 342 g/mol. The van der Waals surface area contributed by atoms with Crippen LogP contribution >= 0.6 is 0 Å². The maximum atomic E-state index is 10.0. The lowest BCUT2D eigenvalue weighted by Crippen LogP contribution is -1.93. The van der Waals surface area contributed by atoms with Crippen LogP contribution in [0.2, 0.25) is 0 Å². The molecule has 2 rings (SSSR count). The zero-order valence-corrected chi connectivity index (χ0v) is 15.2. The minimum absolute atomic E-state index is 0.337. The van der Waals surface area contributed by atoms with Crippen molar-refractivity contribution in [2.24, 2.45) is 0 Å². The van der Waals surface area contributed by atoms with Crippen LogP contribution in [0.15, 0.2) is 60.7 Å². The summed E-state index contributed by atoms with van der Waals surface area (Å²) in [5, 5.41) is 8.27. The number of carbonyl (C=O) groups is 1. The number of carboxylic acids is 1. The molecule has 0 spiro atoms. The Kier molecular flexibility index (Phi) is 11.9. The predicted octanol–water partition coefficient (Wildman–Crippen LogP) is 5.83. The smallest absolute Gasteiger partial charge is 0.303 e. The Bertz CT molecular complexity index is 512. The van der Waals surface area contributed by atoms with Crippen molar-refractivity contribution in [1.82, 2.24) is 0 Å². The van der Waals surface area contributed by atoms with Crippen molar-refractivity contribution in [3.8, 4) is 0 Å². The largest absolute Gasteiger partial charge is 0.481 e. The number of ether oxygens (including phenoxy) is 1. The third-order valence-electron chi connectivity index (χ3n) is 3.72. The number of hydrogen-bond acceptors (Lipinski definition) is 2. The van der Waals surface area contributed by atoms with E-state index in [-0.39, 0.29) is 0 Å². The van der Waals surface area contributed by atoms with Gasteiger partial charge in [-0.25, -0.2) is 0 Å². The molecule has 0 amide bonds. The van der Waals surface area contributed by atoms with Crippen LogP contribution in [-0.2, 0) is 22.7 Å². The lowest BCUT2D eigenvalue weighted by Gasteiger charge is -2.03. The summed E-state index contributed by atoms with van der Waals surface area (Å²) >= 11 is 0. The van der Waals surface area contributed by atoms with E-state index in [1.807, 2.05) is 36.4 Å². The summed E-state index contributed by atoms with van der Waals surface area (Å²) in [6.07, 6.45) is 5.88. The molecule has 0 aromatic heterocycles. The standard InChI is InChI=1S/C14H14O.C8H16O2/c1-3-7-13(8-4-1)11-15-12-14-9-5-2-6-10-14;1-2-3-4-5-6-7-8(9)10/h1-10H,11-12H2;2-7H2,1H3,(H,9,10). The van der Waals surface area contributed by atoms with Crippen LogP contribution in [0.4, 0.5) is 0 Å². The number of aliphatic carboxylic acids is 1. The summed E-state index contributed by atoms with van der Waals surface area (Å²) in [5.41, 5.74) is 2.43. The molecule has 0 radical (unpaired) electrons. The summed E-state index contributed by atoms with van der Waals surface area (Å²) in [6, 6.07) is 20.4. The van der Waals surface area contributed by atoms with Gasteiger partial charge < -0.3 is 9.84 Å². The summed E-state index contributed by atoms with van der Waals surface area (Å²) in [5.74, 6) is -0.670. The zero-order valence-electron chi connectivity index (χ0n) is 15.2. The Morgan fingerprint density at radius 3 is 1.72 bits per heavy atom. The Morgan fingerprint density at radius 1 is 0.800 bits per heavy atom. The number of hydrogen-bond donors (Lipinski definition) is 1. The molecule has 0 bridgehead atoms. The molecule has 3 nitrogen and oxygen atoms in total. The number of rotatable bonds is 10. The number of benzene rings is 2. The maximum absolute atomic E-state index is 10.0. The number of unbranched alkanes of at least 4 members (excludes halogenated alkanes) is 4. The Hall–Kier alpha value is -2.13. The molecule has 0 saturated carbocycles. The number of carboxylic acid groups (broad SMARTS) is 1. The molecule has 1 N–H and O–H groups in total. The SMILES string of the molecule is CCCCCCCC(=O)O.c1ccc(COCc2ccccc2)cc1. The fourth-order valence-corrected chi connectivity index (χ4v) is 2.31. The molecule has 2 aromatic carbocycles. The first-order valence-corrected chi connectivity index (χ1v) is 9.09. The van der Waals surface area contributed by atoms with Crippen LogP contribution in [0.5, 0.6) is 0 Å². The molecule has 0 aliphatic carbocycles. The molecule has 136 valence electrons. The van der Waals surface area contributed by atoms with Gasteiger partial charge in [-0.2, -0.15) is 0 Å². The Labute approximate surface area is 151 Å². The van der Waals surface area contributed by atoms with Crippen molar-refractivity contribution in [2.75, 3.05) is 0 Å². The van der Waals surface area contributed by atoms with Crippen molar-refractivity contribution in [1.29, 1.82) is 0 Å². The second kappa shape index (κ2) is 14.2. The van der Waals surface area contributed by atoms with Crippen LogP contribution in [0.1, 0.15) is 56.6 Å². The van der Waals surface area contributed by atoms with Crippen LogP contribution in [-0.4, -0.2) is 11.1 Å². The van der Waals surface area contributed by atoms with E-state index in [0.29, 0.717) is 19.6 Å². The summed E-state index contributed by atoms with van der Waals surface area (Å²) in [4.78, 5) is 10.0. The van der Waals surface area contributed by atoms with Gasteiger partial charge >= 0.3 is 5.97 Å². The summed E-state index contributed by atoms with van der Waals surface area (Å²) in [7, 11) is 0. The van der Waals surface area contributed by atoms with Gasteiger partial charge in [-0.1, -0.05) is 93.3 Å². The molecule has 0 atom stereocenters. The molecule has 0 heterocycles. The van der Waals surface area contributed by atoms with Gasteiger partial charge in [-0.05, 0) is 17.5 Å². The molecule has 0 aliphatic heterocycles. The quantitative estimate of drug-likeness (QED) is 0.552. The highest BCUT2D eigenvalue weighted by molar-refractivity contribution is 5.66. The highest BCUT2D eigenvalue weighted by Gasteiger charge is 1.95. The third-order valence-corrected chi connectivity index (χ3v) is 3.72.